The molecule has 1 aliphatic heterocycles. The molecular formula is C15H17FN2O3. The lowest BCUT2D eigenvalue weighted by Gasteiger charge is -2.39. The Balaban J connectivity index is 1.85. The lowest BCUT2D eigenvalue weighted by atomic mass is 10.1. The van der Waals surface area contributed by atoms with Gasteiger partial charge in [-0.15, -0.1) is 0 Å². The van der Waals surface area contributed by atoms with Crippen molar-refractivity contribution in [1.29, 1.82) is 5.26 Å². The van der Waals surface area contributed by atoms with E-state index in [1.807, 2.05) is 0 Å². The van der Waals surface area contributed by atoms with E-state index in [1.54, 1.807) is 26.8 Å². The van der Waals surface area contributed by atoms with Crippen molar-refractivity contribution in [3.8, 4) is 11.8 Å². The summed E-state index contributed by atoms with van der Waals surface area (Å²) in [6.07, 6.45) is -0.571. The third kappa shape index (κ3) is 3.85. The van der Waals surface area contributed by atoms with Crippen molar-refractivity contribution in [2.24, 2.45) is 0 Å². The molecule has 0 atom stereocenters. The summed E-state index contributed by atoms with van der Waals surface area (Å²) in [6.45, 7) is 6.21. The van der Waals surface area contributed by atoms with Crippen LogP contribution in [0.4, 0.5) is 9.18 Å². The number of amides is 1. The maximum Gasteiger partial charge on any atom is 0.410 e. The van der Waals surface area contributed by atoms with Gasteiger partial charge in [-0.25, -0.2) is 9.18 Å². The summed E-state index contributed by atoms with van der Waals surface area (Å²) < 4.78 is 24.2. The fourth-order valence-electron chi connectivity index (χ4n) is 1.84. The number of likely N-dealkylation sites (tertiary alicyclic amines) is 1. The van der Waals surface area contributed by atoms with E-state index in [0.29, 0.717) is 18.8 Å². The minimum Gasteiger partial charge on any atom is -0.487 e. The number of rotatable bonds is 2. The molecule has 1 heterocycles. The molecule has 2 rings (SSSR count). The van der Waals surface area contributed by atoms with Gasteiger partial charge in [0.25, 0.3) is 0 Å². The molecule has 0 aliphatic carbocycles. The maximum absolute atomic E-state index is 13.4. The van der Waals surface area contributed by atoms with Gasteiger partial charge < -0.3 is 14.4 Å². The average molecular weight is 292 g/mol. The number of hydrogen-bond acceptors (Lipinski definition) is 4. The van der Waals surface area contributed by atoms with Gasteiger partial charge in [-0.05, 0) is 32.9 Å². The Morgan fingerprint density at radius 2 is 2.10 bits per heavy atom. The Kier molecular flexibility index (Phi) is 4.03. The van der Waals surface area contributed by atoms with Gasteiger partial charge in [0.15, 0.2) is 0 Å². The second kappa shape index (κ2) is 5.60. The molecule has 5 nitrogen and oxygen atoms in total. The van der Waals surface area contributed by atoms with Gasteiger partial charge in [0.1, 0.15) is 29.3 Å². The molecule has 0 bridgehead atoms. The van der Waals surface area contributed by atoms with Crippen LogP contribution in [0.25, 0.3) is 0 Å². The van der Waals surface area contributed by atoms with E-state index in [2.05, 4.69) is 0 Å². The van der Waals surface area contributed by atoms with E-state index in [1.165, 1.54) is 23.1 Å². The Bertz CT molecular complexity index is 584. The summed E-state index contributed by atoms with van der Waals surface area (Å²) in [4.78, 5) is 13.3. The molecule has 1 fully saturated rings. The topological polar surface area (TPSA) is 62.6 Å². The van der Waals surface area contributed by atoms with Crippen LogP contribution in [-0.2, 0) is 4.74 Å². The number of carbonyl (C=O) groups excluding carboxylic acids is 1. The van der Waals surface area contributed by atoms with Crippen molar-refractivity contribution < 1.29 is 18.7 Å². The first-order chi connectivity index (χ1) is 9.78. The summed E-state index contributed by atoms with van der Waals surface area (Å²) in [7, 11) is 0. The quantitative estimate of drug-likeness (QED) is 0.840. The van der Waals surface area contributed by atoms with E-state index in [9.17, 15) is 9.18 Å². The van der Waals surface area contributed by atoms with Crippen LogP contribution in [-0.4, -0.2) is 35.8 Å². The molecule has 1 aromatic rings. The first kappa shape index (κ1) is 15.1. The molecule has 0 unspecified atom stereocenters. The standard InChI is InChI=1S/C15H17FN2O3/c1-15(2,3)21-14(19)18-8-12(9-18)20-11-5-4-10(7-17)13(16)6-11/h4-6,12H,8-9H2,1-3H3. The smallest absolute Gasteiger partial charge is 0.410 e. The Labute approximate surface area is 122 Å². The Morgan fingerprint density at radius 3 is 2.62 bits per heavy atom. The molecule has 0 aromatic heterocycles. The minimum atomic E-state index is -0.613. The van der Waals surface area contributed by atoms with Crippen LogP contribution in [0.15, 0.2) is 18.2 Å². The number of nitrogens with zero attached hydrogens (tertiary/aromatic N) is 2. The van der Waals surface area contributed by atoms with Gasteiger partial charge in [-0.3, -0.25) is 0 Å². The number of hydrogen-bond donors (Lipinski definition) is 0. The summed E-state index contributed by atoms with van der Waals surface area (Å²) in [5.74, 6) is -0.265. The summed E-state index contributed by atoms with van der Waals surface area (Å²) in [6, 6.07) is 5.83. The van der Waals surface area contributed by atoms with Crippen molar-refractivity contribution in [3.05, 3.63) is 29.6 Å². The molecule has 1 aromatic carbocycles. The molecular weight excluding hydrogens is 275 g/mol. The van der Waals surface area contributed by atoms with Gasteiger partial charge >= 0.3 is 6.09 Å². The zero-order chi connectivity index (χ0) is 15.6. The number of ether oxygens (including phenoxy) is 2. The number of nitriles is 1. The van der Waals surface area contributed by atoms with E-state index in [0.717, 1.165) is 0 Å². The van der Waals surface area contributed by atoms with Gasteiger partial charge in [0.05, 0.1) is 18.7 Å². The molecule has 21 heavy (non-hydrogen) atoms. The molecule has 1 saturated heterocycles. The number of halogens is 1. The van der Waals surface area contributed by atoms with E-state index >= 15 is 0 Å². The molecule has 0 N–H and O–H groups in total. The van der Waals surface area contributed by atoms with Crippen LogP contribution >= 0.6 is 0 Å². The highest BCUT2D eigenvalue weighted by molar-refractivity contribution is 5.69. The summed E-state index contributed by atoms with van der Waals surface area (Å²) in [5, 5.41) is 8.65. The molecule has 0 spiro atoms. The van der Waals surface area contributed by atoms with Crippen LogP contribution < -0.4 is 4.74 Å². The largest absolute Gasteiger partial charge is 0.487 e. The molecule has 1 amide bonds. The van der Waals surface area contributed by atoms with E-state index < -0.39 is 11.4 Å². The van der Waals surface area contributed by atoms with Crippen molar-refractivity contribution in [2.45, 2.75) is 32.5 Å². The van der Waals surface area contributed by atoms with Gasteiger partial charge in [0, 0.05) is 6.07 Å². The zero-order valence-corrected chi connectivity index (χ0v) is 12.2. The average Bonchev–Trinajstić information content (AvgIpc) is 2.31. The van der Waals surface area contributed by atoms with Crippen LogP contribution in [0.2, 0.25) is 0 Å². The van der Waals surface area contributed by atoms with Crippen LogP contribution in [0.1, 0.15) is 26.3 Å². The summed E-state index contributed by atoms with van der Waals surface area (Å²) >= 11 is 0. The second-order valence-corrected chi connectivity index (χ2v) is 5.88. The predicted octanol–water partition coefficient (Wildman–Crippen LogP) is 2.70. The zero-order valence-electron chi connectivity index (χ0n) is 12.2. The lowest BCUT2D eigenvalue weighted by molar-refractivity contribution is -0.0222. The molecule has 6 heteroatoms. The lowest BCUT2D eigenvalue weighted by Crippen LogP contribution is -2.57. The highest BCUT2D eigenvalue weighted by atomic mass is 19.1. The highest BCUT2D eigenvalue weighted by Gasteiger charge is 2.35. The van der Waals surface area contributed by atoms with Crippen LogP contribution in [0.3, 0.4) is 0 Å². The normalized spacial score (nSPS) is 15.1. The van der Waals surface area contributed by atoms with Crippen molar-refractivity contribution in [1.82, 2.24) is 4.90 Å². The van der Waals surface area contributed by atoms with Crippen molar-refractivity contribution in [2.75, 3.05) is 13.1 Å². The van der Waals surface area contributed by atoms with Gasteiger partial charge in [0.2, 0.25) is 0 Å². The Hall–Kier alpha value is -2.29. The third-order valence-corrected chi connectivity index (χ3v) is 2.86. The number of benzene rings is 1. The molecule has 112 valence electrons. The fraction of sp³-hybridized carbons (Fsp3) is 0.467. The highest BCUT2D eigenvalue weighted by Crippen LogP contribution is 2.22. The number of carbonyl (C=O) groups is 1. The van der Waals surface area contributed by atoms with Crippen molar-refractivity contribution in [3.63, 3.8) is 0 Å². The van der Waals surface area contributed by atoms with E-state index in [4.69, 9.17) is 14.7 Å². The van der Waals surface area contributed by atoms with Crippen molar-refractivity contribution >= 4 is 6.09 Å². The second-order valence-electron chi connectivity index (χ2n) is 5.88. The fourth-order valence-corrected chi connectivity index (χ4v) is 1.84. The monoisotopic (exact) mass is 292 g/mol. The van der Waals surface area contributed by atoms with Crippen LogP contribution in [0.5, 0.6) is 5.75 Å². The summed E-state index contributed by atoms with van der Waals surface area (Å²) in [5.41, 5.74) is -0.550. The third-order valence-electron chi connectivity index (χ3n) is 2.86. The SMILES string of the molecule is CC(C)(C)OC(=O)N1CC(Oc2ccc(C#N)c(F)c2)C1. The molecule has 0 saturated carbocycles. The Morgan fingerprint density at radius 1 is 1.43 bits per heavy atom. The minimum absolute atomic E-state index is 0.0219. The van der Waals surface area contributed by atoms with Crippen LogP contribution in [0, 0.1) is 17.1 Å². The van der Waals surface area contributed by atoms with Gasteiger partial charge in [-0.2, -0.15) is 5.26 Å². The molecule has 1 aliphatic rings. The first-order valence-electron chi connectivity index (χ1n) is 6.63. The predicted molar refractivity (Wildman–Crippen MR) is 73.3 cm³/mol. The maximum atomic E-state index is 13.4. The van der Waals surface area contributed by atoms with E-state index in [-0.39, 0.29) is 17.8 Å². The molecule has 0 radical (unpaired) electrons. The first-order valence-corrected chi connectivity index (χ1v) is 6.63. The van der Waals surface area contributed by atoms with Gasteiger partial charge in [-0.1, -0.05) is 0 Å².